The molecular weight excluding hydrogens is 139 g/mol. The maximum Gasteiger partial charge on any atom is 0.576 e. The molecular formula is C8H9BO2. The number of aryl methyl sites for hydroxylation is 1. The average Bonchev–Trinajstić information content (AvgIpc) is 2.45. The van der Waals surface area contributed by atoms with Crippen LogP contribution in [0.15, 0.2) is 12.1 Å². The van der Waals surface area contributed by atoms with Crippen LogP contribution in [0.25, 0.3) is 0 Å². The van der Waals surface area contributed by atoms with Crippen molar-refractivity contribution in [3.8, 4) is 11.5 Å². The van der Waals surface area contributed by atoms with Gasteiger partial charge in [0, 0.05) is 0 Å². The fourth-order valence-corrected chi connectivity index (χ4v) is 1.21. The van der Waals surface area contributed by atoms with Gasteiger partial charge in [-0.3, -0.25) is 0 Å². The first-order chi connectivity index (χ1) is 5.29. The molecule has 56 valence electrons. The summed E-state index contributed by atoms with van der Waals surface area (Å²) in [6, 6.07) is 3.99. The standard InChI is InChI=1S/C8H9BO2/c1-5-3-4-7-8(6(5)2)11-9-10-7/h3-4,9H,1-2H3. The van der Waals surface area contributed by atoms with Crippen molar-refractivity contribution in [2.45, 2.75) is 13.8 Å². The van der Waals surface area contributed by atoms with Crippen molar-refractivity contribution in [2.24, 2.45) is 0 Å². The maximum absolute atomic E-state index is 5.29. The molecule has 1 aromatic rings. The Morgan fingerprint density at radius 1 is 1.18 bits per heavy atom. The predicted molar refractivity (Wildman–Crippen MR) is 44.3 cm³/mol. The average molecular weight is 148 g/mol. The minimum Gasteiger partial charge on any atom is -0.526 e. The van der Waals surface area contributed by atoms with Crippen LogP contribution in [0, 0.1) is 13.8 Å². The highest BCUT2D eigenvalue weighted by Crippen LogP contribution is 2.35. The molecule has 0 N–H and O–H groups in total. The van der Waals surface area contributed by atoms with Crippen molar-refractivity contribution < 1.29 is 9.31 Å². The second-order valence-corrected chi connectivity index (χ2v) is 2.74. The second kappa shape index (κ2) is 2.19. The summed E-state index contributed by atoms with van der Waals surface area (Å²) in [5, 5.41) is 0. The van der Waals surface area contributed by atoms with Crippen LogP contribution in [0.2, 0.25) is 0 Å². The zero-order chi connectivity index (χ0) is 7.84. The van der Waals surface area contributed by atoms with Crippen LogP contribution >= 0.6 is 0 Å². The van der Waals surface area contributed by atoms with Gasteiger partial charge in [-0.2, -0.15) is 0 Å². The third-order valence-electron chi connectivity index (χ3n) is 2.06. The molecule has 1 aromatic carbocycles. The normalized spacial score (nSPS) is 12.9. The minimum atomic E-state index is 0.361. The minimum absolute atomic E-state index is 0.361. The Hall–Kier alpha value is -1.12. The lowest BCUT2D eigenvalue weighted by Gasteiger charge is -2.04. The number of hydrogen-bond donors (Lipinski definition) is 0. The molecule has 1 heterocycles. The fraction of sp³-hybridized carbons (Fsp3) is 0.250. The van der Waals surface area contributed by atoms with Gasteiger partial charge in [0.15, 0.2) is 0 Å². The van der Waals surface area contributed by atoms with E-state index in [1.54, 1.807) is 0 Å². The van der Waals surface area contributed by atoms with E-state index in [1.807, 2.05) is 19.1 Å². The highest BCUT2D eigenvalue weighted by molar-refractivity contribution is 6.23. The topological polar surface area (TPSA) is 18.5 Å². The summed E-state index contributed by atoms with van der Waals surface area (Å²) >= 11 is 0. The maximum atomic E-state index is 5.29. The van der Waals surface area contributed by atoms with Crippen LogP contribution < -0.4 is 9.31 Å². The molecule has 0 unspecified atom stereocenters. The van der Waals surface area contributed by atoms with Crippen LogP contribution in [0.4, 0.5) is 0 Å². The Balaban J connectivity index is 2.62. The molecule has 0 radical (unpaired) electrons. The SMILES string of the molecule is Cc1ccc2c(c1C)OBO2. The molecule has 0 amide bonds. The first-order valence-corrected chi connectivity index (χ1v) is 3.65. The summed E-state index contributed by atoms with van der Waals surface area (Å²) in [7, 11) is 0.361. The van der Waals surface area contributed by atoms with E-state index in [2.05, 4.69) is 6.92 Å². The molecule has 1 aliphatic heterocycles. The smallest absolute Gasteiger partial charge is 0.526 e. The number of benzene rings is 1. The molecule has 11 heavy (non-hydrogen) atoms. The largest absolute Gasteiger partial charge is 0.576 e. The van der Waals surface area contributed by atoms with Gasteiger partial charge in [-0.05, 0) is 31.0 Å². The lowest BCUT2D eigenvalue weighted by Crippen LogP contribution is -2.00. The van der Waals surface area contributed by atoms with Gasteiger partial charge in [-0.25, -0.2) is 0 Å². The zero-order valence-electron chi connectivity index (χ0n) is 6.68. The number of rotatable bonds is 0. The molecule has 0 atom stereocenters. The molecule has 0 aromatic heterocycles. The van der Waals surface area contributed by atoms with Gasteiger partial charge >= 0.3 is 7.69 Å². The molecule has 2 nitrogen and oxygen atoms in total. The molecule has 0 saturated carbocycles. The Bertz CT molecular complexity index is 296. The van der Waals surface area contributed by atoms with Crippen LogP contribution in [0.1, 0.15) is 11.1 Å². The van der Waals surface area contributed by atoms with Gasteiger partial charge in [-0.1, -0.05) is 6.07 Å². The van der Waals surface area contributed by atoms with Gasteiger partial charge in [0.1, 0.15) is 11.5 Å². The van der Waals surface area contributed by atoms with Gasteiger partial charge in [-0.15, -0.1) is 0 Å². The van der Waals surface area contributed by atoms with Crippen molar-refractivity contribution in [1.82, 2.24) is 0 Å². The van der Waals surface area contributed by atoms with Crippen LogP contribution in [0.3, 0.4) is 0 Å². The van der Waals surface area contributed by atoms with E-state index in [0.29, 0.717) is 7.69 Å². The molecule has 0 aliphatic carbocycles. The van der Waals surface area contributed by atoms with Crippen molar-refractivity contribution in [3.05, 3.63) is 23.3 Å². The summed E-state index contributed by atoms with van der Waals surface area (Å²) < 4.78 is 10.5. The van der Waals surface area contributed by atoms with Crippen LogP contribution in [-0.4, -0.2) is 7.69 Å². The van der Waals surface area contributed by atoms with Crippen molar-refractivity contribution in [1.29, 1.82) is 0 Å². The second-order valence-electron chi connectivity index (χ2n) is 2.74. The van der Waals surface area contributed by atoms with Gasteiger partial charge in [0.05, 0.1) is 0 Å². The van der Waals surface area contributed by atoms with Crippen molar-refractivity contribution in [2.75, 3.05) is 0 Å². The molecule has 0 saturated heterocycles. The highest BCUT2D eigenvalue weighted by Gasteiger charge is 2.17. The van der Waals surface area contributed by atoms with E-state index in [-0.39, 0.29) is 0 Å². The third-order valence-corrected chi connectivity index (χ3v) is 2.06. The highest BCUT2D eigenvalue weighted by atomic mass is 16.6. The number of fused-ring (bicyclic) bond motifs is 1. The monoisotopic (exact) mass is 148 g/mol. The van der Waals surface area contributed by atoms with Gasteiger partial charge in [0.25, 0.3) is 0 Å². The van der Waals surface area contributed by atoms with Crippen molar-refractivity contribution in [3.63, 3.8) is 0 Å². The lowest BCUT2D eigenvalue weighted by atomic mass is 10.1. The van der Waals surface area contributed by atoms with Gasteiger partial charge < -0.3 is 9.31 Å². The predicted octanol–water partition coefficient (Wildman–Crippen LogP) is 1.34. The lowest BCUT2D eigenvalue weighted by molar-refractivity contribution is 0.540. The Kier molecular flexibility index (Phi) is 1.31. The quantitative estimate of drug-likeness (QED) is 0.517. The van der Waals surface area contributed by atoms with Gasteiger partial charge in [0.2, 0.25) is 0 Å². The third kappa shape index (κ3) is 0.879. The summed E-state index contributed by atoms with van der Waals surface area (Å²) in [6.07, 6.45) is 0. The van der Waals surface area contributed by atoms with E-state index in [9.17, 15) is 0 Å². The number of hydrogen-bond acceptors (Lipinski definition) is 2. The summed E-state index contributed by atoms with van der Waals surface area (Å²) in [5.41, 5.74) is 2.43. The molecule has 2 rings (SSSR count). The molecule has 0 spiro atoms. The molecule has 1 aliphatic rings. The van der Waals surface area contributed by atoms with Crippen molar-refractivity contribution >= 4 is 7.69 Å². The van der Waals surface area contributed by atoms with E-state index >= 15 is 0 Å². The fourth-order valence-electron chi connectivity index (χ4n) is 1.21. The van der Waals surface area contributed by atoms with E-state index in [0.717, 1.165) is 11.5 Å². The Morgan fingerprint density at radius 2 is 2.00 bits per heavy atom. The summed E-state index contributed by atoms with van der Waals surface area (Å²) in [6.45, 7) is 4.11. The Morgan fingerprint density at radius 3 is 2.82 bits per heavy atom. The zero-order valence-corrected chi connectivity index (χ0v) is 6.68. The van der Waals surface area contributed by atoms with Crippen LogP contribution in [0.5, 0.6) is 11.5 Å². The van der Waals surface area contributed by atoms with Crippen LogP contribution in [-0.2, 0) is 0 Å². The first-order valence-electron chi connectivity index (χ1n) is 3.65. The Labute approximate surface area is 66.4 Å². The van der Waals surface area contributed by atoms with E-state index in [1.165, 1.54) is 11.1 Å². The van der Waals surface area contributed by atoms with E-state index in [4.69, 9.17) is 9.31 Å². The molecule has 3 heteroatoms. The molecule has 0 bridgehead atoms. The first kappa shape index (κ1) is 6.59. The molecule has 0 fully saturated rings. The summed E-state index contributed by atoms with van der Waals surface area (Å²) in [4.78, 5) is 0. The van der Waals surface area contributed by atoms with E-state index < -0.39 is 0 Å². The summed E-state index contributed by atoms with van der Waals surface area (Å²) in [5.74, 6) is 1.78.